The van der Waals surface area contributed by atoms with Crippen molar-refractivity contribution in [2.75, 3.05) is 13.7 Å². The van der Waals surface area contributed by atoms with E-state index in [2.05, 4.69) is 22.6 Å². The van der Waals surface area contributed by atoms with Crippen LogP contribution >= 0.6 is 34.2 Å². The topological polar surface area (TPSA) is 35.2 Å². The largest absolute Gasteiger partial charge is 0.383 e. The van der Waals surface area contributed by atoms with Gasteiger partial charge >= 0.3 is 0 Å². The molecule has 0 amide bonds. The molecule has 2 nitrogen and oxygen atoms in total. The molecular formula is C9H11ClINO. The first-order valence-electron chi connectivity index (χ1n) is 3.85. The zero-order valence-electron chi connectivity index (χ0n) is 7.26. The quantitative estimate of drug-likeness (QED) is 0.871. The molecule has 1 aromatic carbocycles. The van der Waals surface area contributed by atoms with Crippen LogP contribution in [-0.2, 0) is 4.74 Å². The summed E-state index contributed by atoms with van der Waals surface area (Å²) in [7, 11) is 1.64. The van der Waals surface area contributed by atoms with Gasteiger partial charge in [-0.05, 0) is 34.2 Å². The fourth-order valence-electron chi connectivity index (χ4n) is 1.08. The Morgan fingerprint density at radius 3 is 2.92 bits per heavy atom. The highest BCUT2D eigenvalue weighted by Gasteiger charge is 2.10. The van der Waals surface area contributed by atoms with Gasteiger partial charge < -0.3 is 10.5 Å². The van der Waals surface area contributed by atoms with Crippen molar-refractivity contribution >= 4 is 34.2 Å². The average molecular weight is 312 g/mol. The Hall–Kier alpha value is 0.160. The van der Waals surface area contributed by atoms with E-state index in [0.29, 0.717) is 6.61 Å². The van der Waals surface area contributed by atoms with Gasteiger partial charge in [-0.2, -0.15) is 0 Å². The lowest BCUT2D eigenvalue weighted by atomic mass is 10.1. The third-order valence-electron chi connectivity index (χ3n) is 1.73. The second-order valence-electron chi connectivity index (χ2n) is 2.70. The third-order valence-corrected chi connectivity index (χ3v) is 3.56. The first-order chi connectivity index (χ1) is 6.16. The van der Waals surface area contributed by atoms with E-state index >= 15 is 0 Å². The Balaban J connectivity index is 2.93. The molecule has 0 aromatic heterocycles. The summed E-state index contributed by atoms with van der Waals surface area (Å²) >= 11 is 8.15. The molecule has 2 N–H and O–H groups in total. The zero-order valence-corrected chi connectivity index (χ0v) is 10.2. The molecule has 0 bridgehead atoms. The van der Waals surface area contributed by atoms with Crippen molar-refractivity contribution in [1.29, 1.82) is 0 Å². The summed E-state index contributed by atoms with van der Waals surface area (Å²) in [4.78, 5) is 0. The molecule has 0 saturated carbocycles. The minimum atomic E-state index is -0.101. The van der Waals surface area contributed by atoms with Gasteiger partial charge in [-0.25, -0.2) is 0 Å². The van der Waals surface area contributed by atoms with E-state index in [1.807, 2.05) is 18.2 Å². The van der Waals surface area contributed by atoms with Crippen LogP contribution in [0.5, 0.6) is 0 Å². The van der Waals surface area contributed by atoms with Crippen molar-refractivity contribution in [3.63, 3.8) is 0 Å². The number of hydrogen-bond donors (Lipinski definition) is 1. The highest BCUT2D eigenvalue weighted by molar-refractivity contribution is 14.1. The second kappa shape index (κ2) is 5.14. The van der Waals surface area contributed by atoms with Gasteiger partial charge in [0.05, 0.1) is 17.7 Å². The summed E-state index contributed by atoms with van der Waals surface area (Å²) in [5, 5.41) is 0.740. The number of benzene rings is 1. The molecule has 72 valence electrons. The van der Waals surface area contributed by atoms with Crippen LogP contribution in [0.3, 0.4) is 0 Å². The Morgan fingerprint density at radius 2 is 2.31 bits per heavy atom. The van der Waals surface area contributed by atoms with Crippen LogP contribution < -0.4 is 5.73 Å². The number of methoxy groups -OCH3 is 1. The van der Waals surface area contributed by atoms with Crippen molar-refractivity contribution in [3.8, 4) is 0 Å². The highest BCUT2D eigenvalue weighted by atomic mass is 127. The van der Waals surface area contributed by atoms with Crippen molar-refractivity contribution in [2.45, 2.75) is 6.04 Å². The molecule has 0 heterocycles. The van der Waals surface area contributed by atoms with E-state index in [4.69, 9.17) is 22.1 Å². The molecule has 0 aliphatic carbocycles. The fraction of sp³-hybridized carbons (Fsp3) is 0.333. The lowest BCUT2D eigenvalue weighted by Crippen LogP contribution is -2.17. The molecule has 13 heavy (non-hydrogen) atoms. The van der Waals surface area contributed by atoms with Gasteiger partial charge in [0.2, 0.25) is 0 Å². The van der Waals surface area contributed by atoms with Crippen molar-refractivity contribution in [3.05, 3.63) is 32.4 Å². The molecule has 1 aromatic rings. The first kappa shape index (κ1) is 11.2. The van der Waals surface area contributed by atoms with Gasteiger partial charge in [-0.1, -0.05) is 23.7 Å². The van der Waals surface area contributed by atoms with E-state index in [0.717, 1.165) is 14.2 Å². The van der Waals surface area contributed by atoms with E-state index in [-0.39, 0.29) is 6.04 Å². The normalized spacial score (nSPS) is 12.9. The number of nitrogens with two attached hydrogens (primary N) is 1. The summed E-state index contributed by atoms with van der Waals surface area (Å²) in [6.07, 6.45) is 0. The van der Waals surface area contributed by atoms with Crippen molar-refractivity contribution in [1.82, 2.24) is 0 Å². The number of ether oxygens (including phenoxy) is 1. The maximum absolute atomic E-state index is 5.95. The third kappa shape index (κ3) is 2.80. The predicted molar refractivity (Wildman–Crippen MR) is 63.0 cm³/mol. The summed E-state index contributed by atoms with van der Waals surface area (Å²) in [5.41, 5.74) is 6.92. The standard InChI is InChI=1S/C9H11ClINO/c1-13-5-8(12)6-3-2-4-7(10)9(6)11/h2-4,8H,5,12H2,1H3/t8-/m1/s1. The zero-order chi connectivity index (χ0) is 9.84. The van der Waals surface area contributed by atoms with Crippen LogP contribution in [-0.4, -0.2) is 13.7 Å². The van der Waals surface area contributed by atoms with Crippen LogP contribution in [0.25, 0.3) is 0 Å². The molecule has 0 unspecified atom stereocenters. The Morgan fingerprint density at radius 1 is 1.62 bits per heavy atom. The van der Waals surface area contributed by atoms with Crippen LogP contribution in [0.2, 0.25) is 5.02 Å². The van der Waals surface area contributed by atoms with Gasteiger partial charge in [0.15, 0.2) is 0 Å². The molecule has 1 atom stereocenters. The van der Waals surface area contributed by atoms with Crippen LogP contribution in [0, 0.1) is 3.57 Å². The molecule has 0 saturated heterocycles. The van der Waals surface area contributed by atoms with Crippen LogP contribution in [0.4, 0.5) is 0 Å². The number of halogens is 2. The van der Waals surface area contributed by atoms with Gasteiger partial charge in [-0.3, -0.25) is 0 Å². The lowest BCUT2D eigenvalue weighted by molar-refractivity contribution is 0.180. The van der Waals surface area contributed by atoms with E-state index in [9.17, 15) is 0 Å². The fourth-order valence-corrected chi connectivity index (χ4v) is 2.02. The molecular weight excluding hydrogens is 300 g/mol. The minimum absolute atomic E-state index is 0.101. The van der Waals surface area contributed by atoms with Gasteiger partial charge in [0.25, 0.3) is 0 Å². The summed E-state index contributed by atoms with van der Waals surface area (Å²) < 4.78 is 5.99. The summed E-state index contributed by atoms with van der Waals surface area (Å²) in [6.45, 7) is 0.510. The number of rotatable bonds is 3. The Labute approximate surface area is 96.5 Å². The monoisotopic (exact) mass is 311 g/mol. The van der Waals surface area contributed by atoms with Gasteiger partial charge in [0.1, 0.15) is 0 Å². The molecule has 0 aliphatic heterocycles. The lowest BCUT2D eigenvalue weighted by Gasteiger charge is -2.13. The van der Waals surface area contributed by atoms with Gasteiger partial charge in [0, 0.05) is 10.7 Å². The highest BCUT2D eigenvalue weighted by Crippen LogP contribution is 2.25. The molecule has 1 rings (SSSR count). The molecule has 0 aliphatic rings. The van der Waals surface area contributed by atoms with Crippen molar-refractivity contribution in [2.24, 2.45) is 5.73 Å². The van der Waals surface area contributed by atoms with Crippen molar-refractivity contribution < 1.29 is 4.74 Å². The summed E-state index contributed by atoms with van der Waals surface area (Å²) in [5.74, 6) is 0. The maximum Gasteiger partial charge on any atom is 0.0655 e. The van der Waals surface area contributed by atoms with E-state index in [1.165, 1.54) is 0 Å². The SMILES string of the molecule is COC[C@@H](N)c1cccc(Cl)c1I. The van der Waals surface area contributed by atoms with E-state index in [1.54, 1.807) is 7.11 Å². The van der Waals surface area contributed by atoms with Gasteiger partial charge in [-0.15, -0.1) is 0 Å². The first-order valence-corrected chi connectivity index (χ1v) is 5.31. The Kier molecular flexibility index (Phi) is 4.45. The van der Waals surface area contributed by atoms with E-state index < -0.39 is 0 Å². The molecule has 4 heteroatoms. The van der Waals surface area contributed by atoms with Crippen LogP contribution in [0.1, 0.15) is 11.6 Å². The Bertz CT molecular complexity index is 293. The smallest absolute Gasteiger partial charge is 0.0655 e. The molecule has 0 spiro atoms. The second-order valence-corrected chi connectivity index (χ2v) is 4.19. The summed E-state index contributed by atoms with van der Waals surface area (Å²) in [6, 6.07) is 5.62. The maximum atomic E-state index is 5.95. The number of hydrogen-bond acceptors (Lipinski definition) is 2. The minimum Gasteiger partial charge on any atom is -0.383 e. The molecule has 0 radical (unpaired) electrons. The predicted octanol–water partition coefficient (Wildman–Crippen LogP) is 2.59. The molecule has 0 fully saturated rings. The van der Waals surface area contributed by atoms with Crippen LogP contribution in [0.15, 0.2) is 18.2 Å². The average Bonchev–Trinajstić information content (AvgIpc) is 2.10.